The monoisotopic (exact) mass is 356 g/mol. The number of hydrogen-bond donors (Lipinski definition) is 1. The van der Waals surface area contributed by atoms with Gasteiger partial charge in [0.25, 0.3) is 0 Å². The van der Waals surface area contributed by atoms with Crippen molar-refractivity contribution in [2.75, 3.05) is 23.3 Å². The van der Waals surface area contributed by atoms with Crippen LogP contribution in [0.25, 0.3) is 0 Å². The minimum Gasteiger partial charge on any atom is -0.355 e. The molecule has 0 aromatic carbocycles. The van der Waals surface area contributed by atoms with E-state index in [1.807, 2.05) is 0 Å². The molecule has 2 aromatic rings. The molecule has 1 aliphatic heterocycles. The van der Waals surface area contributed by atoms with Gasteiger partial charge in [0, 0.05) is 30.9 Å². The highest BCUT2D eigenvalue weighted by Gasteiger charge is 2.37. The summed E-state index contributed by atoms with van der Waals surface area (Å²) in [5.41, 5.74) is -0.772. The summed E-state index contributed by atoms with van der Waals surface area (Å²) in [6.45, 7) is 0.651. The molecule has 3 rings (SSSR count). The van der Waals surface area contributed by atoms with Crippen molar-refractivity contribution in [3.05, 3.63) is 35.5 Å². The summed E-state index contributed by atoms with van der Waals surface area (Å²) >= 11 is 1.30. The predicted octanol–water partition coefficient (Wildman–Crippen LogP) is 3.41. The number of hydrogen-bond acceptors (Lipinski definition) is 5. The fraction of sp³-hybridized carbons (Fsp3) is 0.400. The van der Waals surface area contributed by atoms with Crippen molar-refractivity contribution in [2.45, 2.75) is 19.0 Å². The second-order valence-corrected chi connectivity index (χ2v) is 6.38. The van der Waals surface area contributed by atoms with E-state index in [1.54, 1.807) is 16.5 Å². The van der Waals surface area contributed by atoms with Gasteiger partial charge in [-0.2, -0.15) is 13.2 Å². The van der Waals surface area contributed by atoms with Crippen LogP contribution in [0.5, 0.6) is 0 Å². The lowest BCUT2D eigenvalue weighted by molar-refractivity contribution is -0.137. The molecule has 5 nitrogen and oxygen atoms in total. The molecule has 128 valence electrons. The third-order valence-corrected chi connectivity index (χ3v) is 4.53. The summed E-state index contributed by atoms with van der Waals surface area (Å²) in [6.07, 6.45) is -0.299. The van der Waals surface area contributed by atoms with E-state index >= 15 is 0 Å². The average Bonchev–Trinajstić information content (AvgIpc) is 3.07. The zero-order valence-electron chi connectivity index (χ0n) is 12.6. The summed E-state index contributed by atoms with van der Waals surface area (Å²) in [7, 11) is 0. The Morgan fingerprint density at radius 3 is 2.88 bits per heavy atom. The third kappa shape index (κ3) is 3.66. The van der Waals surface area contributed by atoms with E-state index in [1.165, 1.54) is 23.6 Å². The van der Waals surface area contributed by atoms with Crippen LogP contribution >= 0.6 is 11.3 Å². The van der Waals surface area contributed by atoms with Gasteiger partial charge in [0.05, 0.1) is 11.5 Å². The van der Waals surface area contributed by atoms with Gasteiger partial charge in [0.1, 0.15) is 5.82 Å². The van der Waals surface area contributed by atoms with Crippen LogP contribution in [0.4, 0.5) is 24.1 Å². The zero-order chi connectivity index (χ0) is 17.2. The number of anilines is 2. The van der Waals surface area contributed by atoms with Crippen LogP contribution < -0.4 is 10.2 Å². The standard InChI is InChI=1S/C15H15F3N4OS/c16-15(17,18)11-4-1-5-19-12(11)22-7-2-3-10(9-22)13(23)21-14-20-6-8-24-14/h1,4-6,8,10H,2-3,7,9H2,(H,20,21,23). The Kier molecular flexibility index (Phi) is 4.70. The summed E-state index contributed by atoms with van der Waals surface area (Å²) in [4.78, 5) is 21.7. The van der Waals surface area contributed by atoms with Gasteiger partial charge in [-0.1, -0.05) is 0 Å². The minimum atomic E-state index is -4.47. The van der Waals surface area contributed by atoms with E-state index in [-0.39, 0.29) is 18.3 Å². The highest BCUT2D eigenvalue weighted by Crippen LogP contribution is 2.36. The molecule has 1 atom stereocenters. The van der Waals surface area contributed by atoms with Crippen molar-refractivity contribution >= 4 is 28.2 Å². The molecular weight excluding hydrogens is 341 g/mol. The molecule has 2 aromatic heterocycles. The summed E-state index contributed by atoms with van der Waals surface area (Å²) < 4.78 is 39.5. The normalized spacial score (nSPS) is 18.5. The molecule has 1 unspecified atom stereocenters. The molecule has 1 N–H and O–H groups in total. The van der Waals surface area contributed by atoms with Gasteiger partial charge in [-0.15, -0.1) is 11.3 Å². The van der Waals surface area contributed by atoms with Crippen LogP contribution in [0.2, 0.25) is 0 Å². The number of amides is 1. The Labute approximate surface area is 140 Å². The molecule has 0 bridgehead atoms. The number of carbonyl (C=O) groups is 1. The Morgan fingerprint density at radius 2 is 2.17 bits per heavy atom. The summed E-state index contributed by atoms with van der Waals surface area (Å²) in [5, 5.41) is 4.94. The lowest BCUT2D eigenvalue weighted by Crippen LogP contribution is -2.41. The quantitative estimate of drug-likeness (QED) is 0.916. The number of halogens is 3. The molecule has 1 aliphatic rings. The number of piperidine rings is 1. The highest BCUT2D eigenvalue weighted by atomic mass is 32.1. The maximum atomic E-state index is 13.2. The van der Waals surface area contributed by atoms with Crippen LogP contribution in [0, 0.1) is 5.92 Å². The zero-order valence-corrected chi connectivity index (χ0v) is 13.4. The molecule has 0 spiro atoms. The van der Waals surface area contributed by atoms with Crippen molar-refractivity contribution in [3.8, 4) is 0 Å². The van der Waals surface area contributed by atoms with Crippen LogP contribution in [0.15, 0.2) is 29.9 Å². The molecular formula is C15H15F3N4OS. The molecule has 0 radical (unpaired) electrons. The van der Waals surface area contributed by atoms with E-state index in [4.69, 9.17) is 0 Å². The molecule has 3 heterocycles. The third-order valence-electron chi connectivity index (χ3n) is 3.85. The molecule has 0 saturated carbocycles. The Balaban J connectivity index is 1.75. The maximum Gasteiger partial charge on any atom is 0.419 e. The molecule has 1 amide bonds. The number of aromatic nitrogens is 2. The number of pyridine rings is 1. The van der Waals surface area contributed by atoms with Gasteiger partial charge in [-0.05, 0) is 25.0 Å². The van der Waals surface area contributed by atoms with Crippen molar-refractivity contribution < 1.29 is 18.0 Å². The summed E-state index contributed by atoms with van der Waals surface area (Å²) in [6, 6.07) is 2.28. The van der Waals surface area contributed by atoms with Crippen molar-refractivity contribution in [1.82, 2.24) is 9.97 Å². The Bertz CT molecular complexity index is 705. The molecule has 24 heavy (non-hydrogen) atoms. The van der Waals surface area contributed by atoms with Gasteiger partial charge in [0.15, 0.2) is 5.13 Å². The van der Waals surface area contributed by atoms with Gasteiger partial charge in [-0.25, -0.2) is 9.97 Å². The van der Waals surface area contributed by atoms with Crippen molar-refractivity contribution in [3.63, 3.8) is 0 Å². The smallest absolute Gasteiger partial charge is 0.355 e. The SMILES string of the molecule is O=C(Nc1nccs1)C1CCCN(c2ncccc2C(F)(F)F)C1. The van der Waals surface area contributed by atoms with Gasteiger partial charge in [0.2, 0.25) is 5.91 Å². The fourth-order valence-corrected chi connectivity index (χ4v) is 3.28. The first-order chi connectivity index (χ1) is 11.4. The fourth-order valence-electron chi connectivity index (χ4n) is 2.75. The van der Waals surface area contributed by atoms with E-state index in [2.05, 4.69) is 15.3 Å². The lowest BCUT2D eigenvalue weighted by atomic mass is 9.97. The maximum absolute atomic E-state index is 13.2. The van der Waals surface area contributed by atoms with Crippen LogP contribution in [-0.4, -0.2) is 29.0 Å². The molecule has 9 heteroatoms. The minimum absolute atomic E-state index is 0.114. The molecule has 0 aliphatic carbocycles. The number of thiazole rings is 1. The number of carbonyl (C=O) groups excluding carboxylic acids is 1. The van der Waals surface area contributed by atoms with E-state index in [0.717, 1.165) is 6.07 Å². The molecule has 1 saturated heterocycles. The number of alkyl halides is 3. The predicted molar refractivity (Wildman–Crippen MR) is 84.9 cm³/mol. The largest absolute Gasteiger partial charge is 0.419 e. The van der Waals surface area contributed by atoms with Crippen LogP contribution in [0.3, 0.4) is 0 Å². The first-order valence-electron chi connectivity index (χ1n) is 7.42. The first kappa shape index (κ1) is 16.7. The highest BCUT2D eigenvalue weighted by molar-refractivity contribution is 7.13. The van der Waals surface area contributed by atoms with E-state index < -0.39 is 17.7 Å². The van der Waals surface area contributed by atoms with Gasteiger partial charge in [-0.3, -0.25) is 4.79 Å². The van der Waals surface area contributed by atoms with Gasteiger partial charge < -0.3 is 10.2 Å². The van der Waals surface area contributed by atoms with Gasteiger partial charge >= 0.3 is 6.18 Å². The number of nitrogens with zero attached hydrogens (tertiary/aromatic N) is 3. The van der Waals surface area contributed by atoms with Crippen LogP contribution in [-0.2, 0) is 11.0 Å². The Morgan fingerprint density at radius 1 is 1.33 bits per heavy atom. The molecule has 1 fully saturated rings. The average molecular weight is 356 g/mol. The second-order valence-electron chi connectivity index (χ2n) is 5.48. The number of nitrogens with one attached hydrogen (secondary N) is 1. The lowest BCUT2D eigenvalue weighted by Gasteiger charge is -2.34. The Hall–Kier alpha value is -2.16. The first-order valence-corrected chi connectivity index (χ1v) is 8.30. The van der Waals surface area contributed by atoms with Crippen molar-refractivity contribution in [1.29, 1.82) is 0 Å². The van der Waals surface area contributed by atoms with E-state index in [9.17, 15) is 18.0 Å². The topological polar surface area (TPSA) is 58.1 Å². The summed E-state index contributed by atoms with van der Waals surface area (Å²) in [5.74, 6) is -0.735. The second kappa shape index (κ2) is 6.76. The van der Waals surface area contributed by atoms with Crippen LogP contribution in [0.1, 0.15) is 18.4 Å². The van der Waals surface area contributed by atoms with Crippen molar-refractivity contribution in [2.24, 2.45) is 5.92 Å². The van der Waals surface area contributed by atoms with E-state index in [0.29, 0.717) is 24.5 Å². The number of rotatable bonds is 3.